The lowest BCUT2D eigenvalue weighted by Crippen LogP contribution is -2.47. The molecule has 1 fully saturated rings. The molecular weight excluding hydrogens is 455 g/mol. The standard InChI is InChI=1S/C28H26F3NO3/c1-18(19-2-4-20(5-3-19)24-11-10-23(30)16-25(24)31)32-15-14-28(17-26(32)33,13-12-27(34)35)21-6-8-22(29)9-7-21/h2-11,16,18H,12-15,17H2,1H3,(H,34,35)/t18-,28+/m0/s1. The van der Waals surface area contributed by atoms with Crippen molar-refractivity contribution in [3.8, 4) is 11.1 Å². The Morgan fingerprint density at radius 3 is 2.26 bits per heavy atom. The summed E-state index contributed by atoms with van der Waals surface area (Å²) < 4.78 is 40.9. The third-order valence-corrected chi connectivity index (χ3v) is 7.02. The molecule has 4 nitrogen and oxygen atoms in total. The largest absolute Gasteiger partial charge is 0.481 e. The minimum Gasteiger partial charge on any atom is -0.481 e. The van der Waals surface area contributed by atoms with Crippen LogP contribution in [0, 0.1) is 17.5 Å². The van der Waals surface area contributed by atoms with E-state index in [2.05, 4.69) is 0 Å². The van der Waals surface area contributed by atoms with E-state index in [4.69, 9.17) is 0 Å². The fourth-order valence-corrected chi connectivity index (χ4v) is 4.95. The highest BCUT2D eigenvalue weighted by molar-refractivity contribution is 5.80. The summed E-state index contributed by atoms with van der Waals surface area (Å²) in [6.07, 6.45) is 0.900. The average molecular weight is 482 g/mol. The van der Waals surface area contributed by atoms with Gasteiger partial charge in [-0.3, -0.25) is 9.59 Å². The zero-order valence-electron chi connectivity index (χ0n) is 19.3. The Morgan fingerprint density at radius 1 is 1.00 bits per heavy atom. The van der Waals surface area contributed by atoms with Crippen molar-refractivity contribution in [2.24, 2.45) is 0 Å². The quantitative estimate of drug-likeness (QED) is 0.434. The lowest BCUT2D eigenvalue weighted by molar-refractivity contribution is -0.141. The van der Waals surface area contributed by atoms with Gasteiger partial charge in [0.1, 0.15) is 17.5 Å². The molecule has 0 radical (unpaired) electrons. The molecule has 1 aliphatic heterocycles. The van der Waals surface area contributed by atoms with Crippen LogP contribution >= 0.6 is 0 Å². The fourth-order valence-electron chi connectivity index (χ4n) is 4.95. The van der Waals surface area contributed by atoms with Crippen LogP contribution in [0.1, 0.15) is 49.8 Å². The Balaban J connectivity index is 1.53. The van der Waals surface area contributed by atoms with Gasteiger partial charge in [0, 0.05) is 36.4 Å². The van der Waals surface area contributed by atoms with E-state index in [1.165, 1.54) is 24.3 Å². The van der Waals surface area contributed by atoms with Gasteiger partial charge in [0.05, 0.1) is 6.04 Å². The van der Waals surface area contributed by atoms with Crippen LogP contribution in [-0.2, 0) is 15.0 Å². The molecule has 1 amide bonds. The molecule has 0 spiro atoms. The molecule has 0 aromatic heterocycles. The lowest BCUT2D eigenvalue weighted by atomic mass is 9.69. The van der Waals surface area contributed by atoms with E-state index < -0.39 is 23.0 Å². The highest BCUT2D eigenvalue weighted by Gasteiger charge is 2.41. The zero-order valence-corrected chi connectivity index (χ0v) is 19.3. The molecule has 182 valence electrons. The van der Waals surface area contributed by atoms with Crippen molar-refractivity contribution in [3.05, 3.63) is 95.3 Å². The molecule has 0 aliphatic carbocycles. The summed E-state index contributed by atoms with van der Waals surface area (Å²) in [6, 6.07) is 16.3. The number of carboxylic acid groups (broad SMARTS) is 1. The summed E-state index contributed by atoms with van der Waals surface area (Å²) in [6.45, 7) is 2.33. The van der Waals surface area contributed by atoms with E-state index in [0.717, 1.165) is 17.2 Å². The molecule has 4 rings (SSSR count). The van der Waals surface area contributed by atoms with Gasteiger partial charge >= 0.3 is 5.97 Å². The first-order valence-electron chi connectivity index (χ1n) is 11.5. The minimum atomic E-state index is -0.938. The fraction of sp³-hybridized carbons (Fsp3) is 0.286. The number of carbonyl (C=O) groups is 2. The number of carboxylic acids is 1. The molecule has 3 aromatic carbocycles. The summed E-state index contributed by atoms with van der Waals surface area (Å²) in [7, 11) is 0. The molecule has 3 aromatic rings. The summed E-state index contributed by atoms with van der Waals surface area (Å²) >= 11 is 0. The predicted molar refractivity (Wildman–Crippen MR) is 126 cm³/mol. The van der Waals surface area contributed by atoms with Crippen molar-refractivity contribution < 1.29 is 27.9 Å². The molecule has 1 saturated heterocycles. The second kappa shape index (κ2) is 9.94. The van der Waals surface area contributed by atoms with Gasteiger partial charge in [-0.15, -0.1) is 0 Å². The van der Waals surface area contributed by atoms with Gasteiger partial charge in [0.2, 0.25) is 5.91 Å². The number of amides is 1. The maximum absolute atomic E-state index is 14.1. The van der Waals surface area contributed by atoms with Gasteiger partial charge in [-0.25, -0.2) is 13.2 Å². The van der Waals surface area contributed by atoms with Crippen LogP contribution < -0.4 is 0 Å². The first-order valence-corrected chi connectivity index (χ1v) is 11.5. The summed E-state index contributed by atoms with van der Waals surface area (Å²) in [5.74, 6) is -2.71. The van der Waals surface area contributed by atoms with E-state index in [1.807, 2.05) is 19.1 Å². The van der Waals surface area contributed by atoms with Crippen LogP contribution in [0.2, 0.25) is 0 Å². The van der Waals surface area contributed by atoms with Crippen molar-refractivity contribution >= 4 is 11.9 Å². The van der Waals surface area contributed by atoms with Crippen molar-refractivity contribution in [1.29, 1.82) is 0 Å². The van der Waals surface area contributed by atoms with Gasteiger partial charge in [-0.05, 0) is 60.7 Å². The van der Waals surface area contributed by atoms with E-state index >= 15 is 0 Å². The molecule has 0 saturated carbocycles. The smallest absolute Gasteiger partial charge is 0.303 e. The minimum absolute atomic E-state index is 0.0817. The number of hydrogen-bond donors (Lipinski definition) is 1. The molecule has 1 N–H and O–H groups in total. The van der Waals surface area contributed by atoms with Crippen molar-refractivity contribution in [2.75, 3.05) is 6.54 Å². The molecule has 1 heterocycles. The second-order valence-corrected chi connectivity index (χ2v) is 9.12. The predicted octanol–water partition coefficient (Wildman–Crippen LogP) is 6.26. The maximum Gasteiger partial charge on any atom is 0.303 e. The molecule has 1 aliphatic rings. The van der Waals surface area contributed by atoms with Gasteiger partial charge in [-0.2, -0.15) is 0 Å². The van der Waals surface area contributed by atoms with Crippen LogP contribution in [0.3, 0.4) is 0 Å². The van der Waals surface area contributed by atoms with E-state index in [1.54, 1.807) is 29.2 Å². The Labute approximate surface area is 202 Å². The number of benzene rings is 3. The average Bonchev–Trinajstić information content (AvgIpc) is 2.83. The SMILES string of the molecule is C[C@@H](c1ccc(-c2ccc(F)cc2F)cc1)N1CC[C@@](CCC(=O)O)(c2ccc(F)cc2)CC1=O. The number of hydrogen-bond acceptors (Lipinski definition) is 2. The molecule has 0 bridgehead atoms. The van der Waals surface area contributed by atoms with Crippen molar-refractivity contribution in [2.45, 2.75) is 44.1 Å². The first kappa shape index (κ1) is 24.5. The number of piperidine rings is 1. The Bertz CT molecular complexity index is 1230. The van der Waals surface area contributed by atoms with Crippen LogP contribution in [0.25, 0.3) is 11.1 Å². The van der Waals surface area contributed by atoms with Gasteiger partial charge in [-0.1, -0.05) is 36.4 Å². The van der Waals surface area contributed by atoms with Gasteiger partial charge < -0.3 is 10.0 Å². The second-order valence-electron chi connectivity index (χ2n) is 9.12. The number of rotatable bonds is 7. The van der Waals surface area contributed by atoms with Crippen LogP contribution in [0.5, 0.6) is 0 Å². The highest BCUT2D eigenvalue weighted by Crippen LogP contribution is 2.42. The highest BCUT2D eigenvalue weighted by atomic mass is 19.1. The molecular formula is C28H26F3NO3. The summed E-state index contributed by atoms with van der Waals surface area (Å²) in [4.78, 5) is 26.3. The lowest BCUT2D eigenvalue weighted by Gasteiger charge is -2.44. The third kappa shape index (κ3) is 5.24. The first-order chi connectivity index (χ1) is 16.7. The molecule has 35 heavy (non-hydrogen) atoms. The Hall–Kier alpha value is -3.61. The monoisotopic (exact) mass is 481 g/mol. The van der Waals surface area contributed by atoms with Gasteiger partial charge in [0.15, 0.2) is 0 Å². The van der Waals surface area contributed by atoms with E-state index in [9.17, 15) is 27.9 Å². The molecule has 2 atom stereocenters. The van der Waals surface area contributed by atoms with E-state index in [0.29, 0.717) is 30.5 Å². The number of carbonyl (C=O) groups excluding carboxylic acids is 1. The zero-order chi connectivity index (χ0) is 25.2. The third-order valence-electron chi connectivity index (χ3n) is 7.02. The van der Waals surface area contributed by atoms with Crippen LogP contribution in [0.4, 0.5) is 13.2 Å². The Kier molecular flexibility index (Phi) is 6.96. The number of halogens is 3. The summed E-state index contributed by atoms with van der Waals surface area (Å²) in [5, 5.41) is 9.24. The van der Waals surface area contributed by atoms with Crippen LogP contribution in [-0.4, -0.2) is 28.4 Å². The van der Waals surface area contributed by atoms with Crippen molar-refractivity contribution in [1.82, 2.24) is 4.90 Å². The van der Waals surface area contributed by atoms with Crippen LogP contribution in [0.15, 0.2) is 66.7 Å². The number of likely N-dealkylation sites (tertiary alicyclic amines) is 1. The molecule has 0 unspecified atom stereocenters. The topological polar surface area (TPSA) is 57.6 Å². The number of nitrogens with zero attached hydrogens (tertiary/aromatic N) is 1. The van der Waals surface area contributed by atoms with Crippen molar-refractivity contribution in [3.63, 3.8) is 0 Å². The molecule has 7 heteroatoms. The number of aliphatic carboxylic acids is 1. The Morgan fingerprint density at radius 2 is 1.66 bits per heavy atom. The maximum atomic E-state index is 14.1. The van der Waals surface area contributed by atoms with E-state index in [-0.39, 0.29) is 30.6 Å². The van der Waals surface area contributed by atoms with Gasteiger partial charge in [0.25, 0.3) is 0 Å². The normalized spacial score (nSPS) is 19.0. The summed E-state index contributed by atoms with van der Waals surface area (Å²) in [5.41, 5.74) is 1.87.